The number of carbonyl (C=O) groups excluding carboxylic acids is 1. The van der Waals surface area contributed by atoms with E-state index in [-0.39, 0.29) is 5.92 Å². The van der Waals surface area contributed by atoms with Crippen LogP contribution in [0.3, 0.4) is 0 Å². The zero-order valence-corrected chi connectivity index (χ0v) is 12.3. The van der Waals surface area contributed by atoms with Crippen molar-refractivity contribution in [3.63, 3.8) is 0 Å². The third kappa shape index (κ3) is 2.48. The van der Waals surface area contributed by atoms with Crippen LogP contribution in [0.5, 0.6) is 0 Å². The molecule has 0 aromatic heterocycles. The van der Waals surface area contributed by atoms with E-state index in [1.165, 1.54) is 38.6 Å². The highest BCUT2D eigenvalue weighted by Crippen LogP contribution is 2.37. The van der Waals surface area contributed by atoms with Crippen molar-refractivity contribution in [2.24, 2.45) is 11.8 Å². The van der Waals surface area contributed by atoms with Gasteiger partial charge in [-0.1, -0.05) is 0 Å². The Kier molecular flexibility index (Phi) is 3.47. The third-order valence-electron chi connectivity index (χ3n) is 5.57. The maximum absolute atomic E-state index is 12.7. The summed E-state index contributed by atoms with van der Waals surface area (Å²) < 4.78 is 5.92. The number of carbonyl (C=O) groups is 1. The average molecular weight is 278 g/mol. The topological polar surface area (TPSA) is 32.8 Å². The van der Waals surface area contributed by atoms with Gasteiger partial charge in [0.15, 0.2) is 0 Å². The lowest BCUT2D eigenvalue weighted by Crippen LogP contribution is -2.53. The van der Waals surface area contributed by atoms with E-state index < -0.39 is 0 Å². The van der Waals surface area contributed by atoms with Crippen molar-refractivity contribution in [2.75, 3.05) is 32.8 Å². The van der Waals surface area contributed by atoms with Gasteiger partial charge in [-0.25, -0.2) is 0 Å². The molecule has 3 heterocycles. The van der Waals surface area contributed by atoms with Crippen molar-refractivity contribution in [3.8, 4) is 0 Å². The van der Waals surface area contributed by atoms with Gasteiger partial charge in [0.1, 0.15) is 0 Å². The van der Waals surface area contributed by atoms with E-state index in [4.69, 9.17) is 4.74 Å². The Labute approximate surface area is 121 Å². The van der Waals surface area contributed by atoms with Crippen LogP contribution in [0.1, 0.15) is 38.5 Å². The van der Waals surface area contributed by atoms with Gasteiger partial charge in [-0.3, -0.25) is 9.69 Å². The molecule has 1 saturated carbocycles. The van der Waals surface area contributed by atoms with E-state index >= 15 is 0 Å². The molecule has 1 amide bonds. The first-order chi connectivity index (χ1) is 9.81. The molecule has 0 N–H and O–H groups in total. The van der Waals surface area contributed by atoms with Crippen LogP contribution in [0, 0.1) is 11.8 Å². The van der Waals surface area contributed by atoms with Crippen LogP contribution in [-0.2, 0) is 9.53 Å². The smallest absolute Gasteiger partial charge is 0.227 e. The average Bonchev–Trinajstić information content (AvgIpc) is 2.97. The van der Waals surface area contributed by atoms with Gasteiger partial charge in [0.25, 0.3) is 0 Å². The van der Waals surface area contributed by atoms with E-state index in [1.807, 2.05) is 0 Å². The Morgan fingerprint density at radius 1 is 1.15 bits per heavy atom. The van der Waals surface area contributed by atoms with Gasteiger partial charge in [0.2, 0.25) is 5.91 Å². The Balaban J connectivity index is 1.45. The lowest BCUT2D eigenvalue weighted by atomic mass is 9.89. The standard InChI is InChI=1S/C16H26N2O2/c19-16(17-6-1-2-7-17)13-9-15-14(5-8-20-15)18(11-13)10-12-3-4-12/h12-15H,1-11H2/t13-,14+,15+/m0/s1. The molecule has 4 fully saturated rings. The Morgan fingerprint density at radius 3 is 2.70 bits per heavy atom. The van der Waals surface area contributed by atoms with Gasteiger partial charge in [-0.05, 0) is 44.4 Å². The maximum atomic E-state index is 12.7. The number of ether oxygens (including phenoxy) is 1. The summed E-state index contributed by atoms with van der Waals surface area (Å²) in [7, 11) is 0. The minimum absolute atomic E-state index is 0.186. The van der Waals surface area contributed by atoms with Crippen molar-refractivity contribution in [2.45, 2.75) is 50.7 Å². The zero-order chi connectivity index (χ0) is 13.5. The summed E-state index contributed by atoms with van der Waals surface area (Å²) in [6.07, 6.45) is 7.60. The molecule has 3 atom stereocenters. The number of amides is 1. The lowest BCUT2D eigenvalue weighted by Gasteiger charge is -2.41. The molecule has 3 saturated heterocycles. The number of hydrogen-bond acceptors (Lipinski definition) is 3. The maximum Gasteiger partial charge on any atom is 0.227 e. The van der Waals surface area contributed by atoms with E-state index in [9.17, 15) is 4.79 Å². The fraction of sp³-hybridized carbons (Fsp3) is 0.938. The number of piperidine rings is 1. The highest BCUT2D eigenvalue weighted by atomic mass is 16.5. The van der Waals surface area contributed by atoms with Gasteiger partial charge in [-0.15, -0.1) is 0 Å². The normalized spacial score (nSPS) is 38.2. The highest BCUT2D eigenvalue weighted by Gasteiger charge is 2.44. The second-order valence-corrected chi connectivity index (χ2v) is 7.13. The van der Waals surface area contributed by atoms with Gasteiger partial charge in [0, 0.05) is 38.8 Å². The molecule has 3 aliphatic heterocycles. The Bertz CT molecular complexity index is 377. The summed E-state index contributed by atoms with van der Waals surface area (Å²) in [4.78, 5) is 17.4. The van der Waals surface area contributed by atoms with Crippen LogP contribution in [0.2, 0.25) is 0 Å². The lowest BCUT2D eigenvalue weighted by molar-refractivity contribution is -0.139. The van der Waals surface area contributed by atoms with Gasteiger partial charge in [0.05, 0.1) is 12.0 Å². The Morgan fingerprint density at radius 2 is 1.95 bits per heavy atom. The van der Waals surface area contributed by atoms with E-state index in [0.29, 0.717) is 18.1 Å². The van der Waals surface area contributed by atoms with Gasteiger partial charge in [-0.2, -0.15) is 0 Å². The number of hydrogen-bond donors (Lipinski definition) is 0. The van der Waals surface area contributed by atoms with Crippen LogP contribution in [0.4, 0.5) is 0 Å². The monoisotopic (exact) mass is 278 g/mol. The molecule has 112 valence electrons. The van der Waals surface area contributed by atoms with E-state index in [0.717, 1.165) is 38.6 Å². The largest absolute Gasteiger partial charge is 0.377 e. The summed E-state index contributed by atoms with van der Waals surface area (Å²) >= 11 is 0. The molecule has 1 aliphatic carbocycles. The summed E-state index contributed by atoms with van der Waals surface area (Å²) in [6, 6.07) is 0.596. The predicted octanol–water partition coefficient (Wildman–Crippen LogP) is 1.50. The minimum atomic E-state index is 0.186. The number of nitrogens with zero attached hydrogens (tertiary/aromatic N) is 2. The first-order valence-corrected chi connectivity index (χ1v) is 8.45. The molecule has 4 heteroatoms. The molecule has 4 nitrogen and oxygen atoms in total. The number of fused-ring (bicyclic) bond motifs is 1. The molecule has 4 aliphatic rings. The summed E-state index contributed by atoms with van der Waals surface area (Å²) in [6.45, 7) is 5.03. The van der Waals surface area contributed by atoms with Crippen molar-refractivity contribution < 1.29 is 9.53 Å². The van der Waals surface area contributed by atoms with Crippen LogP contribution >= 0.6 is 0 Å². The fourth-order valence-electron chi connectivity index (χ4n) is 4.27. The van der Waals surface area contributed by atoms with Crippen molar-refractivity contribution >= 4 is 5.91 Å². The van der Waals surface area contributed by atoms with Crippen LogP contribution in [-0.4, -0.2) is 60.6 Å². The number of likely N-dealkylation sites (tertiary alicyclic amines) is 2. The highest BCUT2D eigenvalue weighted by molar-refractivity contribution is 5.79. The zero-order valence-electron chi connectivity index (χ0n) is 12.3. The Hall–Kier alpha value is -0.610. The summed E-state index contributed by atoms with van der Waals surface area (Å²) in [5.74, 6) is 1.49. The number of rotatable bonds is 3. The molecule has 0 radical (unpaired) electrons. The first kappa shape index (κ1) is 13.1. The second kappa shape index (κ2) is 5.30. The molecule has 4 rings (SSSR count). The molecule has 0 unspecified atom stereocenters. The predicted molar refractivity (Wildman–Crippen MR) is 76.4 cm³/mol. The van der Waals surface area contributed by atoms with Gasteiger partial charge < -0.3 is 9.64 Å². The van der Waals surface area contributed by atoms with Crippen LogP contribution in [0.25, 0.3) is 0 Å². The van der Waals surface area contributed by atoms with Crippen molar-refractivity contribution in [1.82, 2.24) is 9.80 Å². The molecule has 0 spiro atoms. The van der Waals surface area contributed by atoms with Crippen LogP contribution < -0.4 is 0 Å². The molecule has 0 aromatic rings. The molecule has 0 bridgehead atoms. The molecule has 0 aromatic carbocycles. The van der Waals surface area contributed by atoms with E-state index in [2.05, 4.69) is 9.80 Å². The van der Waals surface area contributed by atoms with Gasteiger partial charge >= 0.3 is 0 Å². The summed E-state index contributed by atoms with van der Waals surface area (Å²) in [5, 5.41) is 0. The van der Waals surface area contributed by atoms with E-state index in [1.54, 1.807) is 0 Å². The molecular formula is C16H26N2O2. The van der Waals surface area contributed by atoms with Crippen LogP contribution in [0.15, 0.2) is 0 Å². The first-order valence-electron chi connectivity index (χ1n) is 8.45. The molecular weight excluding hydrogens is 252 g/mol. The summed E-state index contributed by atoms with van der Waals surface area (Å²) in [5.41, 5.74) is 0. The van der Waals surface area contributed by atoms with Crippen molar-refractivity contribution in [3.05, 3.63) is 0 Å². The second-order valence-electron chi connectivity index (χ2n) is 7.13. The van der Waals surface area contributed by atoms with Crippen molar-refractivity contribution in [1.29, 1.82) is 0 Å². The third-order valence-corrected chi connectivity index (χ3v) is 5.57. The quantitative estimate of drug-likeness (QED) is 0.784. The fourth-order valence-corrected chi connectivity index (χ4v) is 4.27. The minimum Gasteiger partial charge on any atom is -0.377 e. The molecule has 20 heavy (non-hydrogen) atoms. The SMILES string of the molecule is O=C([C@H]1C[C@H]2OCC[C@H]2N(CC2CC2)C1)N1CCCC1.